The van der Waals surface area contributed by atoms with Crippen LogP contribution in [-0.4, -0.2) is 42.8 Å². The largest absolute Gasteiger partial charge is 0.460 e. The lowest BCUT2D eigenvalue weighted by Gasteiger charge is -2.15. The molecule has 1 heterocycles. The Bertz CT molecular complexity index is 267. The third-order valence-electron chi connectivity index (χ3n) is 2.55. The molecule has 2 unspecified atom stereocenters. The van der Waals surface area contributed by atoms with E-state index in [1.54, 1.807) is 4.90 Å². The van der Waals surface area contributed by atoms with E-state index in [1.807, 2.05) is 13.8 Å². The molecule has 1 amide bonds. The molecule has 0 aliphatic carbocycles. The Hall–Kier alpha value is -1.26. The van der Waals surface area contributed by atoms with Crippen molar-refractivity contribution in [2.75, 3.05) is 19.7 Å². The first-order valence-electron chi connectivity index (χ1n) is 5.63. The maximum Gasteiger partial charge on any atom is 0.409 e. The number of rotatable bonds is 3. The lowest BCUT2D eigenvalue weighted by atomic mass is 10.1. The standard InChI is InChI=1S/C11H19NO4/c1-4-5-15-11(14)12-6-8(2)10(7-12)16-9(3)13/h8,10H,4-7H2,1-3H3. The Kier molecular flexibility index (Phi) is 4.58. The van der Waals surface area contributed by atoms with Crippen LogP contribution in [0, 0.1) is 5.92 Å². The zero-order valence-corrected chi connectivity index (χ0v) is 10.1. The van der Waals surface area contributed by atoms with Crippen molar-refractivity contribution in [3.63, 3.8) is 0 Å². The number of esters is 1. The second-order valence-electron chi connectivity index (χ2n) is 4.14. The summed E-state index contributed by atoms with van der Waals surface area (Å²) in [6, 6.07) is 0. The van der Waals surface area contributed by atoms with Crippen molar-refractivity contribution >= 4 is 12.1 Å². The lowest BCUT2D eigenvalue weighted by Crippen LogP contribution is -2.31. The van der Waals surface area contributed by atoms with Gasteiger partial charge in [0.1, 0.15) is 6.10 Å². The van der Waals surface area contributed by atoms with Gasteiger partial charge in [0.2, 0.25) is 0 Å². The van der Waals surface area contributed by atoms with Crippen molar-refractivity contribution in [1.29, 1.82) is 0 Å². The molecule has 1 fully saturated rings. The van der Waals surface area contributed by atoms with E-state index in [1.165, 1.54) is 6.92 Å². The molecule has 0 radical (unpaired) electrons. The second-order valence-corrected chi connectivity index (χ2v) is 4.14. The van der Waals surface area contributed by atoms with E-state index in [0.29, 0.717) is 19.7 Å². The number of carbonyl (C=O) groups excluding carboxylic acids is 2. The van der Waals surface area contributed by atoms with Crippen molar-refractivity contribution < 1.29 is 19.1 Å². The van der Waals surface area contributed by atoms with Gasteiger partial charge in [-0.05, 0) is 6.42 Å². The minimum Gasteiger partial charge on any atom is -0.460 e. The molecule has 0 aromatic carbocycles. The van der Waals surface area contributed by atoms with Gasteiger partial charge < -0.3 is 14.4 Å². The Morgan fingerprint density at radius 1 is 1.38 bits per heavy atom. The van der Waals surface area contributed by atoms with Crippen molar-refractivity contribution in [2.24, 2.45) is 5.92 Å². The summed E-state index contributed by atoms with van der Waals surface area (Å²) in [5.74, 6) is -0.140. The molecule has 0 aromatic heterocycles. The molecule has 0 saturated carbocycles. The summed E-state index contributed by atoms with van der Waals surface area (Å²) in [5, 5.41) is 0. The van der Waals surface area contributed by atoms with Crippen LogP contribution in [0.25, 0.3) is 0 Å². The normalized spacial score (nSPS) is 24.3. The van der Waals surface area contributed by atoms with Crippen LogP contribution >= 0.6 is 0 Å². The summed E-state index contributed by atoms with van der Waals surface area (Å²) in [7, 11) is 0. The monoisotopic (exact) mass is 229 g/mol. The Morgan fingerprint density at radius 3 is 2.62 bits per heavy atom. The fraction of sp³-hybridized carbons (Fsp3) is 0.818. The SMILES string of the molecule is CCCOC(=O)N1CC(C)C(OC(C)=O)C1. The van der Waals surface area contributed by atoms with E-state index in [2.05, 4.69) is 0 Å². The summed E-state index contributed by atoms with van der Waals surface area (Å²) < 4.78 is 10.1. The Labute approximate surface area is 95.7 Å². The highest BCUT2D eigenvalue weighted by molar-refractivity contribution is 5.69. The van der Waals surface area contributed by atoms with Gasteiger partial charge in [0.25, 0.3) is 0 Å². The topological polar surface area (TPSA) is 55.8 Å². The minimum atomic E-state index is -0.316. The van der Waals surface area contributed by atoms with Gasteiger partial charge in [-0.2, -0.15) is 0 Å². The lowest BCUT2D eigenvalue weighted by molar-refractivity contribution is -0.147. The van der Waals surface area contributed by atoms with Gasteiger partial charge >= 0.3 is 12.1 Å². The van der Waals surface area contributed by atoms with E-state index in [0.717, 1.165) is 6.42 Å². The first kappa shape index (κ1) is 12.8. The summed E-state index contributed by atoms with van der Waals surface area (Å²) in [6.45, 7) is 6.73. The third-order valence-corrected chi connectivity index (χ3v) is 2.55. The molecule has 1 aliphatic heterocycles. The van der Waals surface area contributed by atoms with E-state index < -0.39 is 0 Å². The predicted octanol–water partition coefficient (Wildman–Crippen LogP) is 1.42. The first-order chi connectivity index (χ1) is 7.54. The smallest absolute Gasteiger partial charge is 0.409 e. The predicted molar refractivity (Wildman–Crippen MR) is 57.9 cm³/mol. The number of ether oxygens (including phenoxy) is 2. The van der Waals surface area contributed by atoms with E-state index in [-0.39, 0.29) is 24.1 Å². The van der Waals surface area contributed by atoms with Crippen LogP contribution in [-0.2, 0) is 14.3 Å². The molecule has 92 valence electrons. The van der Waals surface area contributed by atoms with Gasteiger partial charge in [-0.3, -0.25) is 4.79 Å². The van der Waals surface area contributed by atoms with Crippen LogP contribution in [0.15, 0.2) is 0 Å². The number of carbonyl (C=O) groups is 2. The highest BCUT2D eigenvalue weighted by Crippen LogP contribution is 2.20. The van der Waals surface area contributed by atoms with Crippen LogP contribution in [0.1, 0.15) is 27.2 Å². The molecule has 5 heteroatoms. The van der Waals surface area contributed by atoms with Crippen LogP contribution < -0.4 is 0 Å². The zero-order chi connectivity index (χ0) is 12.1. The average Bonchev–Trinajstić information content (AvgIpc) is 2.56. The number of hydrogen-bond acceptors (Lipinski definition) is 4. The molecule has 1 rings (SSSR count). The summed E-state index contributed by atoms with van der Waals surface area (Å²) in [5.41, 5.74) is 0. The van der Waals surface area contributed by atoms with Gasteiger partial charge in [0.05, 0.1) is 13.2 Å². The molecule has 0 N–H and O–H groups in total. The maximum absolute atomic E-state index is 11.5. The van der Waals surface area contributed by atoms with Crippen molar-refractivity contribution in [3.05, 3.63) is 0 Å². The van der Waals surface area contributed by atoms with Gasteiger partial charge in [-0.15, -0.1) is 0 Å². The maximum atomic E-state index is 11.5. The van der Waals surface area contributed by atoms with Gasteiger partial charge in [0, 0.05) is 19.4 Å². The van der Waals surface area contributed by atoms with Crippen molar-refractivity contribution in [3.8, 4) is 0 Å². The molecular formula is C11H19NO4. The molecule has 0 spiro atoms. The highest BCUT2D eigenvalue weighted by atomic mass is 16.6. The molecule has 2 atom stereocenters. The Morgan fingerprint density at radius 2 is 2.06 bits per heavy atom. The third kappa shape index (κ3) is 3.40. The van der Waals surface area contributed by atoms with Crippen LogP contribution in [0.5, 0.6) is 0 Å². The molecule has 1 aliphatic rings. The average molecular weight is 229 g/mol. The van der Waals surface area contributed by atoms with Crippen molar-refractivity contribution in [1.82, 2.24) is 4.90 Å². The minimum absolute atomic E-state index is 0.165. The second kappa shape index (κ2) is 5.72. The van der Waals surface area contributed by atoms with Crippen LogP contribution in [0.3, 0.4) is 0 Å². The molecular weight excluding hydrogens is 210 g/mol. The zero-order valence-electron chi connectivity index (χ0n) is 10.1. The summed E-state index contributed by atoms with van der Waals surface area (Å²) in [4.78, 5) is 24.0. The summed E-state index contributed by atoms with van der Waals surface area (Å²) in [6.07, 6.45) is 0.290. The summed E-state index contributed by atoms with van der Waals surface area (Å²) >= 11 is 0. The fourth-order valence-corrected chi connectivity index (χ4v) is 1.73. The van der Waals surface area contributed by atoms with Gasteiger partial charge in [0.15, 0.2) is 0 Å². The van der Waals surface area contributed by atoms with Gasteiger partial charge in [-0.1, -0.05) is 13.8 Å². The van der Waals surface area contributed by atoms with Crippen molar-refractivity contribution in [2.45, 2.75) is 33.3 Å². The van der Waals surface area contributed by atoms with E-state index in [9.17, 15) is 9.59 Å². The van der Waals surface area contributed by atoms with E-state index in [4.69, 9.17) is 9.47 Å². The van der Waals surface area contributed by atoms with E-state index >= 15 is 0 Å². The van der Waals surface area contributed by atoms with Gasteiger partial charge in [-0.25, -0.2) is 4.79 Å². The molecule has 0 aromatic rings. The quantitative estimate of drug-likeness (QED) is 0.687. The number of likely N-dealkylation sites (tertiary alicyclic amines) is 1. The van der Waals surface area contributed by atoms with Crippen LogP contribution in [0.2, 0.25) is 0 Å². The molecule has 16 heavy (non-hydrogen) atoms. The molecule has 0 bridgehead atoms. The highest BCUT2D eigenvalue weighted by Gasteiger charge is 2.35. The number of hydrogen-bond donors (Lipinski definition) is 0. The molecule has 1 saturated heterocycles. The number of nitrogens with zero attached hydrogens (tertiary/aromatic N) is 1. The fourth-order valence-electron chi connectivity index (χ4n) is 1.73. The number of amides is 1. The molecule has 5 nitrogen and oxygen atoms in total. The first-order valence-corrected chi connectivity index (χ1v) is 5.63. The van der Waals surface area contributed by atoms with Crippen LogP contribution in [0.4, 0.5) is 4.79 Å². The Balaban J connectivity index is 2.42.